The Balaban J connectivity index is 2.13. The summed E-state index contributed by atoms with van der Waals surface area (Å²) in [4.78, 5) is 128. The van der Waals surface area contributed by atoms with Gasteiger partial charge in [0, 0.05) is 25.1 Å². The zero-order valence-corrected chi connectivity index (χ0v) is 46.9. The van der Waals surface area contributed by atoms with E-state index in [0.717, 1.165) is 25.7 Å². The Morgan fingerprint density at radius 2 is 1.06 bits per heavy atom. The quantitative estimate of drug-likeness (QED) is 0.0449. The number of hydrogen-bond donors (Lipinski definition) is 14. The third-order valence-corrected chi connectivity index (χ3v) is 13.4. The standard InChI is InChI=1S/C56H91N13O10/c1-6-7-8-9-13-16-39(70)33-48(71)62-46(32-37-17-19-38(60)20-18-37)55(78)66-43-24-28-61-49(72)44(29-34(2)3)67-51(74)41(22-26-58)63-50(73)40(21-25-57)65-56(79)47(31-36-14-11-10-12-15-36)69-54(77)45(30-35(4)5)68-52(75)42(23-27-59)64-53(43)76/h10-12,14-15,17-20,34-35,39-47,70H,6-9,13,16,21-33,57-60H2,1-5H3,(H,61,72)(H,62,71)(H,63,73)(H,64,76)(H,65,79)(H,66,78)(H,67,74)(H,68,75)(H,69,77)/t39-,40+,41+,42+,43+,44+,45-,46-,47+/m1/s1. The van der Waals surface area contributed by atoms with Crippen molar-refractivity contribution in [1.82, 2.24) is 47.9 Å². The smallest absolute Gasteiger partial charge is 0.243 e. The molecule has 0 radical (unpaired) electrons. The second kappa shape index (κ2) is 35.7. The number of carbonyl (C=O) groups excluding carboxylic acids is 9. The van der Waals surface area contributed by atoms with Crippen molar-refractivity contribution in [1.29, 1.82) is 0 Å². The zero-order chi connectivity index (χ0) is 58.4. The van der Waals surface area contributed by atoms with Gasteiger partial charge in [0.05, 0.1) is 12.5 Å². The molecule has 0 unspecified atom stereocenters. The molecule has 0 saturated carbocycles. The number of nitrogens with one attached hydrogen (secondary N) is 9. The predicted molar refractivity (Wildman–Crippen MR) is 302 cm³/mol. The topological polar surface area (TPSA) is 386 Å². The van der Waals surface area contributed by atoms with E-state index in [-0.39, 0.29) is 95.8 Å². The fourth-order valence-corrected chi connectivity index (χ4v) is 9.06. The third-order valence-electron chi connectivity index (χ3n) is 13.4. The van der Waals surface area contributed by atoms with Crippen LogP contribution in [-0.2, 0) is 56.0 Å². The molecule has 23 nitrogen and oxygen atoms in total. The Kier molecular flexibility index (Phi) is 30.1. The Hall–Kier alpha value is -6.69. The first-order chi connectivity index (χ1) is 37.7. The summed E-state index contributed by atoms with van der Waals surface area (Å²) in [6.45, 7) is 8.92. The first kappa shape index (κ1) is 66.6. The summed E-state index contributed by atoms with van der Waals surface area (Å²) in [5, 5.41) is 35.3. The highest BCUT2D eigenvalue weighted by Crippen LogP contribution is 2.14. The van der Waals surface area contributed by atoms with Gasteiger partial charge in [-0.1, -0.05) is 109 Å². The molecule has 1 aliphatic rings. The minimum Gasteiger partial charge on any atom is -0.399 e. The van der Waals surface area contributed by atoms with Crippen LogP contribution in [0.2, 0.25) is 0 Å². The lowest BCUT2D eigenvalue weighted by atomic mass is 10.00. The SMILES string of the molecule is CCCCCCC[C@@H](O)CC(=O)N[C@H](Cc1ccc(N)cc1)C(=O)N[C@H]1CCNC(=O)[C@H](CC(C)C)NC(=O)[C@H](CCN)NC(=O)[C@H](CCN)NC(=O)[C@H](Cc2ccccc2)NC(=O)[C@@H](CC(C)C)NC(=O)[C@H](CCN)NC1=O. The number of nitrogen functional groups attached to an aromatic ring is 1. The van der Waals surface area contributed by atoms with Gasteiger partial charge in [-0.3, -0.25) is 43.2 Å². The summed E-state index contributed by atoms with van der Waals surface area (Å²) in [5.74, 6) is -7.14. The molecule has 1 heterocycles. The van der Waals surface area contributed by atoms with Crippen LogP contribution in [0.25, 0.3) is 0 Å². The normalized spacial score (nSPS) is 22.3. The summed E-state index contributed by atoms with van der Waals surface area (Å²) in [6, 6.07) is 4.93. The van der Waals surface area contributed by atoms with Crippen molar-refractivity contribution >= 4 is 58.9 Å². The molecular formula is C56H91N13O10. The van der Waals surface area contributed by atoms with Gasteiger partial charge in [0.15, 0.2) is 0 Å². The Labute approximate surface area is 465 Å². The lowest BCUT2D eigenvalue weighted by Gasteiger charge is -2.28. The number of rotatable bonds is 25. The van der Waals surface area contributed by atoms with E-state index < -0.39 is 108 Å². The molecule has 23 heteroatoms. The van der Waals surface area contributed by atoms with Crippen LogP contribution >= 0.6 is 0 Å². The Morgan fingerprint density at radius 3 is 1.58 bits per heavy atom. The number of aliphatic hydroxyl groups excluding tert-OH is 1. The highest BCUT2D eigenvalue weighted by molar-refractivity contribution is 5.98. The molecule has 2 aromatic carbocycles. The molecule has 79 heavy (non-hydrogen) atoms. The van der Waals surface area contributed by atoms with E-state index in [1.54, 1.807) is 54.6 Å². The first-order valence-corrected chi connectivity index (χ1v) is 28.0. The Bertz CT molecular complexity index is 2250. The molecule has 1 aliphatic heterocycles. The van der Waals surface area contributed by atoms with E-state index in [0.29, 0.717) is 29.7 Å². The number of carbonyl (C=O) groups is 9. The van der Waals surface area contributed by atoms with Crippen LogP contribution in [-0.4, -0.2) is 139 Å². The highest BCUT2D eigenvalue weighted by Gasteiger charge is 2.36. The lowest BCUT2D eigenvalue weighted by Crippen LogP contribution is -2.61. The molecule has 0 bridgehead atoms. The molecule has 2 aromatic rings. The van der Waals surface area contributed by atoms with Crippen LogP contribution in [0.3, 0.4) is 0 Å². The number of hydrogen-bond acceptors (Lipinski definition) is 14. The molecule has 0 aromatic heterocycles. The van der Waals surface area contributed by atoms with Crippen molar-refractivity contribution in [2.24, 2.45) is 29.0 Å². The predicted octanol–water partition coefficient (Wildman–Crippen LogP) is -0.298. The molecule has 9 atom stereocenters. The highest BCUT2D eigenvalue weighted by atomic mass is 16.3. The van der Waals surface area contributed by atoms with Crippen LogP contribution < -0.4 is 70.8 Å². The second-order valence-corrected chi connectivity index (χ2v) is 21.3. The van der Waals surface area contributed by atoms with Crippen molar-refractivity contribution in [3.8, 4) is 0 Å². The summed E-state index contributed by atoms with van der Waals surface area (Å²) in [6.07, 6.45) is 3.43. The van der Waals surface area contributed by atoms with Gasteiger partial charge in [-0.2, -0.15) is 0 Å². The number of aliphatic hydroxyl groups is 1. The minimum absolute atomic E-state index is 0.0418. The van der Waals surface area contributed by atoms with E-state index in [2.05, 4.69) is 54.8 Å². The number of benzene rings is 2. The fourth-order valence-electron chi connectivity index (χ4n) is 9.06. The molecule has 1 saturated heterocycles. The maximum Gasteiger partial charge on any atom is 0.243 e. The summed E-state index contributed by atoms with van der Waals surface area (Å²) < 4.78 is 0. The van der Waals surface area contributed by atoms with Gasteiger partial charge in [0.1, 0.15) is 48.3 Å². The second-order valence-electron chi connectivity index (χ2n) is 21.3. The van der Waals surface area contributed by atoms with Gasteiger partial charge in [0.25, 0.3) is 0 Å². The molecule has 18 N–H and O–H groups in total. The van der Waals surface area contributed by atoms with Crippen LogP contribution in [0.1, 0.15) is 129 Å². The van der Waals surface area contributed by atoms with Crippen LogP contribution in [0.15, 0.2) is 54.6 Å². The molecule has 1 fully saturated rings. The average molecular weight is 1110 g/mol. The average Bonchev–Trinajstić information content (AvgIpc) is 3.39. The van der Waals surface area contributed by atoms with E-state index in [1.165, 1.54) is 0 Å². The van der Waals surface area contributed by atoms with Gasteiger partial charge in [-0.15, -0.1) is 0 Å². The van der Waals surface area contributed by atoms with Gasteiger partial charge in [-0.25, -0.2) is 0 Å². The van der Waals surface area contributed by atoms with Crippen molar-refractivity contribution < 1.29 is 48.3 Å². The fraction of sp³-hybridized carbons (Fsp3) is 0.625. The zero-order valence-electron chi connectivity index (χ0n) is 46.9. The molecular weight excluding hydrogens is 1010 g/mol. The maximum absolute atomic E-state index is 14.6. The van der Waals surface area contributed by atoms with Crippen molar-refractivity contribution in [2.75, 3.05) is 31.9 Å². The molecule has 9 amide bonds. The monoisotopic (exact) mass is 1110 g/mol. The number of nitrogens with two attached hydrogens (primary N) is 4. The van der Waals surface area contributed by atoms with Crippen LogP contribution in [0.5, 0.6) is 0 Å². The van der Waals surface area contributed by atoms with Gasteiger partial charge < -0.3 is 75.9 Å². The molecule has 0 spiro atoms. The van der Waals surface area contributed by atoms with Gasteiger partial charge in [0.2, 0.25) is 53.2 Å². The van der Waals surface area contributed by atoms with Gasteiger partial charge in [-0.05, 0) is 99.7 Å². The number of unbranched alkanes of at least 4 members (excludes halogenated alkanes) is 4. The first-order valence-electron chi connectivity index (χ1n) is 28.0. The van der Waals surface area contributed by atoms with Crippen molar-refractivity contribution in [2.45, 2.75) is 185 Å². The molecule has 3 rings (SSSR count). The largest absolute Gasteiger partial charge is 0.399 e. The summed E-state index contributed by atoms with van der Waals surface area (Å²) in [7, 11) is 0. The molecule has 0 aliphatic carbocycles. The van der Waals surface area contributed by atoms with Crippen molar-refractivity contribution in [3.05, 3.63) is 65.7 Å². The van der Waals surface area contributed by atoms with Crippen LogP contribution in [0, 0.1) is 11.8 Å². The van der Waals surface area contributed by atoms with E-state index in [4.69, 9.17) is 22.9 Å². The third kappa shape index (κ3) is 24.9. The van der Waals surface area contributed by atoms with Crippen molar-refractivity contribution in [3.63, 3.8) is 0 Å². The van der Waals surface area contributed by atoms with E-state index in [1.807, 2.05) is 27.7 Å². The lowest BCUT2D eigenvalue weighted by molar-refractivity contribution is -0.136. The summed E-state index contributed by atoms with van der Waals surface area (Å²) in [5.41, 5.74) is 25.5. The Morgan fingerprint density at radius 1 is 0.595 bits per heavy atom. The number of anilines is 1. The van der Waals surface area contributed by atoms with Crippen LogP contribution in [0.4, 0.5) is 5.69 Å². The van der Waals surface area contributed by atoms with Gasteiger partial charge >= 0.3 is 0 Å². The summed E-state index contributed by atoms with van der Waals surface area (Å²) >= 11 is 0. The minimum atomic E-state index is -1.49. The maximum atomic E-state index is 14.6. The molecule has 440 valence electrons. The van der Waals surface area contributed by atoms with E-state index >= 15 is 0 Å². The number of amides is 9. The van der Waals surface area contributed by atoms with E-state index in [9.17, 15) is 48.3 Å².